The second-order valence-corrected chi connectivity index (χ2v) is 6.70. The molecule has 1 unspecified atom stereocenters. The number of nitrogens with one attached hydrogen (secondary N) is 1. The van der Waals surface area contributed by atoms with E-state index in [0.29, 0.717) is 6.61 Å². The van der Waals surface area contributed by atoms with Gasteiger partial charge in [0.15, 0.2) is 0 Å². The van der Waals surface area contributed by atoms with Gasteiger partial charge < -0.3 is 10.1 Å². The van der Waals surface area contributed by atoms with Crippen molar-refractivity contribution in [1.82, 2.24) is 5.32 Å². The van der Waals surface area contributed by atoms with Crippen LogP contribution in [0.4, 0.5) is 0 Å². The molecule has 0 fully saturated rings. The highest BCUT2D eigenvalue weighted by Crippen LogP contribution is 2.35. The van der Waals surface area contributed by atoms with Gasteiger partial charge in [-0.25, -0.2) is 0 Å². The first kappa shape index (κ1) is 14.6. The van der Waals surface area contributed by atoms with Gasteiger partial charge in [0.05, 0.1) is 12.6 Å². The normalized spacial score (nSPS) is 15.5. The number of hydrogen-bond donors (Lipinski definition) is 1. The summed E-state index contributed by atoms with van der Waals surface area (Å²) in [5.74, 6) is 0.946. The molecule has 1 aliphatic rings. The quantitative estimate of drug-likeness (QED) is 0.887. The number of fused-ring (bicyclic) bond motifs is 1. The van der Waals surface area contributed by atoms with Crippen LogP contribution in [0.3, 0.4) is 0 Å². The number of rotatable bonds is 5. The largest absolute Gasteiger partial charge is 0.494 e. The van der Waals surface area contributed by atoms with E-state index in [-0.39, 0.29) is 6.04 Å². The van der Waals surface area contributed by atoms with E-state index in [4.69, 9.17) is 4.74 Å². The van der Waals surface area contributed by atoms with E-state index in [0.717, 1.165) is 5.75 Å². The third kappa shape index (κ3) is 3.14. The topological polar surface area (TPSA) is 21.3 Å². The fourth-order valence-electron chi connectivity index (χ4n) is 3.05. The summed E-state index contributed by atoms with van der Waals surface area (Å²) in [5.41, 5.74) is 2.88. The first-order chi connectivity index (χ1) is 10.3. The minimum Gasteiger partial charge on any atom is -0.494 e. The van der Waals surface area contributed by atoms with Gasteiger partial charge in [0.2, 0.25) is 0 Å². The molecule has 1 aromatic heterocycles. The fourth-order valence-corrected chi connectivity index (χ4v) is 4.45. The van der Waals surface area contributed by atoms with Crippen molar-refractivity contribution in [2.24, 2.45) is 0 Å². The van der Waals surface area contributed by atoms with Gasteiger partial charge in [-0.15, -0.1) is 11.3 Å². The van der Waals surface area contributed by atoms with Crippen LogP contribution >= 0.6 is 11.3 Å². The molecule has 21 heavy (non-hydrogen) atoms. The third-order valence-corrected chi connectivity index (χ3v) is 5.42. The molecule has 0 saturated heterocycles. The molecule has 0 radical (unpaired) electrons. The Morgan fingerprint density at radius 2 is 1.95 bits per heavy atom. The Labute approximate surface area is 131 Å². The summed E-state index contributed by atoms with van der Waals surface area (Å²) in [5, 5.41) is 3.46. The highest BCUT2D eigenvalue weighted by Gasteiger charge is 2.19. The average Bonchev–Trinajstić information content (AvgIpc) is 2.93. The molecular formula is C18H23NOS. The molecule has 1 aromatic carbocycles. The minimum atomic E-state index is 0.288. The number of ether oxygens (including phenoxy) is 1. The summed E-state index contributed by atoms with van der Waals surface area (Å²) in [7, 11) is 2.04. The summed E-state index contributed by atoms with van der Waals surface area (Å²) in [6, 6.07) is 11.2. The Hall–Kier alpha value is -1.32. The monoisotopic (exact) mass is 301 g/mol. The summed E-state index contributed by atoms with van der Waals surface area (Å²) in [6.45, 7) is 2.73. The van der Waals surface area contributed by atoms with Crippen molar-refractivity contribution in [3.8, 4) is 5.75 Å². The zero-order valence-corrected chi connectivity index (χ0v) is 13.6. The fraction of sp³-hybridized carbons (Fsp3) is 0.444. The molecule has 0 spiro atoms. The lowest BCUT2D eigenvalue weighted by Crippen LogP contribution is -2.16. The Morgan fingerprint density at radius 3 is 2.62 bits per heavy atom. The van der Waals surface area contributed by atoms with Gasteiger partial charge in [-0.05, 0) is 69.0 Å². The molecule has 1 aliphatic carbocycles. The maximum Gasteiger partial charge on any atom is 0.119 e. The van der Waals surface area contributed by atoms with Crippen LogP contribution in [-0.2, 0) is 12.8 Å². The van der Waals surface area contributed by atoms with Crippen molar-refractivity contribution >= 4 is 11.3 Å². The third-order valence-electron chi connectivity index (χ3n) is 4.11. The van der Waals surface area contributed by atoms with E-state index in [1.807, 2.05) is 25.3 Å². The Kier molecular flexibility index (Phi) is 4.61. The van der Waals surface area contributed by atoms with Gasteiger partial charge in [0, 0.05) is 9.75 Å². The van der Waals surface area contributed by atoms with Crippen LogP contribution in [0.5, 0.6) is 5.75 Å². The highest BCUT2D eigenvalue weighted by molar-refractivity contribution is 7.12. The van der Waals surface area contributed by atoms with E-state index in [2.05, 4.69) is 35.6 Å². The van der Waals surface area contributed by atoms with Gasteiger partial charge in [-0.3, -0.25) is 0 Å². The van der Waals surface area contributed by atoms with Crippen LogP contribution in [0.15, 0.2) is 30.3 Å². The second-order valence-electron chi connectivity index (χ2n) is 5.53. The minimum absolute atomic E-state index is 0.288. The van der Waals surface area contributed by atoms with Gasteiger partial charge in [-0.2, -0.15) is 0 Å². The lowest BCUT2D eigenvalue weighted by atomic mass is 9.98. The van der Waals surface area contributed by atoms with Crippen molar-refractivity contribution in [1.29, 1.82) is 0 Å². The Morgan fingerprint density at radius 1 is 1.19 bits per heavy atom. The number of thiophene rings is 1. The first-order valence-corrected chi connectivity index (χ1v) is 8.65. The number of hydrogen-bond acceptors (Lipinski definition) is 3. The molecule has 0 saturated carbocycles. The standard InChI is InChI=1S/C18H23NOS/c1-3-20-15-10-8-13(9-11-15)18(19-2)17-12-14-6-4-5-7-16(14)21-17/h8-12,18-19H,3-7H2,1-2H3. The molecule has 2 aromatic rings. The smallest absolute Gasteiger partial charge is 0.119 e. The van der Waals surface area contributed by atoms with E-state index in [9.17, 15) is 0 Å². The van der Waals surface area contributed by atoms with Crippen LogP contribution in [-0.4, -0.2) is 13.7 Å². The Bertz CT molecular complexity index is 564. The molecular weight excluding hydrogens is 278 g/mol. The van der Waals surface area contributed by atoms with Crippen molar-refractivity contribution in [2.75, 3.05) is 13.7 Å². The van der Waals surface area contributed by atoms with E-state index in [1.165, 1.54) is 36.1 Å². The Balaban J connectivity index is 1.85. The van der Waals surface area contributed by atoms with Crippen molar-refractivity contribution in [3.63, 3.8) is 0 Å². The van der Waals surface area contributed by atoms with E-state index in [1.54, 1.807) is 10.4 Å². The molecule has 1 N–H and O–H groups in total. The summed E-state index contributed by atoms with van der Waals surface area (Å²) < 4.78 is 5.53. The number of aryl methyl sites for hydroxylation is 2. The maximum absolute atomic E-state index is 5.53. The number of benzene rings is 1. The molecule has 0 aliphatic heterocycles. The lowest BCUT2D eigenvalue weighted by molar-refractivity contribution is 0.340. The predicted molar refractivity (Wildman–Crippen MR) is 89.5 cm³/mol. The second kappa shape index (κ2) is 6.63. The summed E-state index contributed by atoms with van der Waals surface area (Å²) in [6.07, 6.45) is 5.21. The zero-order valence-electron chi connectivity index (χ0n) is 12.8. The van der Waals surface area contributed by atoms with Crippen LogP contribution in [0, 0.1) is 0 Å². The van der Waals surface area contributed by atoms with Crippen LogP contribution in [0.1, 0.15) is 46.7 Å². The summed E-state index contributed by atoms with van der Waals surface area (Å²) >= 11 is 1.98. The molecule has 112 valence electrons. The molecule has 2 nitrogen and oxygen atoms in total. The zero-order chi connectivity index (χ0) is 14.7. The molecule has 1 atom stereocenters. The first-order valence-electron chi connectivity index (χ1n) is 7.83. The maximum atomic E-state index is 5.53. The van der Waals surface area contributed by atoms with Crippen molar-refractivity contribution in [3.05, 3.63) is 51.2 Å². The SMILES string of the molecule is CCOc1ccc(C(NC)c2cc3c(s2)CCCC3)cc1. The summed E-state index contributed by atoms with van der Waals surface area (Å²) in [4.78, 5) is 3.04. The van der Waals surface area contributed by atoms with Crippen LogP contribution < -0.4 is 10.1 Å². The van der Waals surface area contributed by atoms with E-state index >= 15 is 0 Å². The molecule has 3 heteroatoms. The molecule has 1 heterocycles. The van der Waals surface area contributed by atoms with Crippen LogP contribution in [0.2, 0.25) is 0 Å². The average molecular weight is 301 g/mol. The van der Waals surface area contributed by atoms with Crippen molar-refractivity contribution < 1.29 is 4.74 Å². The molecule has 3 rings (SSSR count). The van der Waals surface area contributed by atoms with E-state index < -0.39 is 0 Å². The van der Waals surface area contributed by atoms with Gasteiger partial charge in [-0.1, -0.05) is 12.1 Å². The molecule has 0 amide bonds. The lowest BCUT2D eigenvalue weighted by Gasteiger charge is -2.15. The van der Waals surface area contributed by atoms with Crippen LogP contribution in [0.25, 0.3) is 0 Å². The van der Waals surface area contributed by atoms with Crippen molar-refractivity contribution in [2.45, 2.75) is 38.6 Å². The van der Waals surface area contributed by atoms with Gasteiger partial charge >= 0.3 is 0 Å². The molecule has 0 bridgehead atoms. The van der Waals surface area contributed by atoms with Gasteiger partial charge in [0.25, 0.3) is 0 Å². The van der Waals surface area contributed by atoms with Gasteiger partial charge in [0.1, 0.15) is 5.75 Å². The highest BCUT2D eigenvalue weighted by atomic mass is 32.1. The predicted octanol–water partition coefficient (Wildman–Crippen LogP) is 4.33.